The maximum absolute atomic E-state index is 8.73. The summed E-state index contributed by atoms with van der Waals surface area (Å²) in [6, 6.07) is 11.2. The largest absolute Gasteiger partial charge is 0.488 e. The van der Waals surface area contributed by atoms with Crippen molar-refractivity contribution in [2.24, 2.45) is 10.9 Å². The van der Waals surface area contributed by atoms with Crippen LogP contribution in [-0.4, -0.2) is 11.0 Å². The molecule has 5 heteroatoms. The molecule has 0 aliphatic carbocycles. The molecular weight excluding hydrogens is 288 g/mol. The summed E-state index contributed by atoms with van der Waals surface area (Å²) in [7, 11) is 0. The van der Waals surface area contributed by atoms with E-state index in [0.29, 0.717) is 17.2 Å². The molecule has 0 saturated carbocycles. The first-order chi connectivity index (χ1) is 10.0. The van der Waals surface area contributed by atoms with Crippen molar-refractivity contribution in [1.82, 2.24) is 0 Å². The summed E-state index contributed by atoms with van der Waals surface area (Å²) in [5.41, 5.74) is 9.19. The summed E-state index contributed by atoms with van der Waals surface area (Å²) in [6.07, 6.45) is 0. The Morgan fingerprint density at radius 1 is 1.19 bits per heavy atom. The van der Waals surface area contributed by atoms with Crippen molar-refractivity contribution in [2.45, 2.75) is 20.5 Å². The SMILES string of the molecule is Cc1cc(C(N)=NO)cc(C)c1OCc1ccc(Cl)cc1. The molecule has 0 radical (unpaired) electrons. The van der Waals surface area contributed by atoms with Gasteiger partial charge in [0.1, 0.15) is 12.4 Å². The van der Waals surface area contributed by atoms with E-state index in [1.807, 2.05) is 50.2 Å². The lowest BCUT2D eigenvalue weighted by Gasteiger charge is -2.14. The summed E-state index contributed by atoms with van der Waals surface area (Å²) in [5, 5.41) is 12.5. The van der Waals surface area contributed by atoms with Crippen molar-refractivity contribution in [3.8, 4) is 5.75 Å². The molecule has 0 heterocycles. The van der Waals surface area contributed by atoms with Gasteiger partial charge in [0.05, 0.1) is 0 Å². The number of aryl methyl sites for hydroxylation is 2. The number of halogens is 1. The zero-order chi connectivity index (χ0) is 15.4. The smallest absolute Gasteiger partial charge is 0.170 e. The first-order valence-electron chi connectivity index (χ1n) is 6.47. The Morgan fingerprint density at radius 3 is 2.29 bits per heavy atom. The van der Waals surface area contributed by atoms with Crippen LogP contribution in [0.5, 0.6) is 5.75 Å². The van der Waals surface area contributed by atoms with Crippen LogP contribution in [0, 0.1) is 13.8 Å². The van der Waals surface area contributed by atoms with E-state index in [2.05, 4.69) is 5.16 Å². The monoisotopic (exact) mass is 304 g/mol. The molecule has 2 rings (SSSR count). The van der Waals surface area contributed by atoms with Gasteiger partial charge < -0.3 is 15.7 Å². The van der Waals surface area contributed by atoms with Crippen molar-refractivity contribution >= 4 is 17.4 Å². The fourth-order valence-electron chi connectivity index (χ4n) is 2.12. The Balaban J connectivity index is 2.19. The van der Waals surface area contributed by atoms with E-state index in [4.69, 9.17) is 27.3 Å². The molecule has 2 aromatic carbocycles. The molecule has 0 atom stereocenters. The van der Waals surface area contributed by atoms with Gasteiger partial charge in [-0.25, -0.2) is 0 Å². The Labute approximate surface area is 128 Å². The van der Waals surface area contributed by atoms with E-state index >= 15 is 0 Å². The third kappa shape index (κ3) is 3.67. The molecule has 0 aliphatic heterocycles. The van der Waals surface area contributed by atoms with E-state index in [-0.39, 0.29) is 5.84 Å². The predicted molar refractivity (Wildman–Crippen MR) is 84.2 cm³/mol. The Kier molecular flexibility index (Phi) is 4.70. The number of nitrogens with zero attached hydrogens (tertiary/aromatic N) is 1. The molecular formula is C16H17ClN2O2. The number of benzene rings is 2. The number of hydrogen-bond donors (Lipinski definition) is 2. The molecule has 0 bridgehead atoms. The van der Waals surface area contributed by atoms with Gasteiger partial charge in [0.25, 0.3) is 0 Å². The lowest BCUT2D eigenvalue weighted by molar-refractivity contribution is 0.302. The van der Waals surface area contributed by atoms with Gasteiger partial charge >= 0.3 is 0 Å². The van der Waals surface area contributed by atoms with Gasteiger partial charge in [-0.3, -0.25) is 0 Å². The fraction of sp³-hybridized carbons (Fsp3) is 0.188. The van der Waals surface area contributed by atoms with Crippen LogP contribution in [0.3, 0.4) is 0 Å². The average molecular weight is 305 g/mol. The molecule has 4 nitrogen and oxygen atoms in total. The van der Waals surface area contributed by atoms with Gasteiger partial charge in [-0.1, -0.05) is 28.9 Å². The number of hydrogen-bond acceptors (Lipinski definition) is 3. The zero-order valence-corrected chi connectivity index (χ0v) is 12.7. The standard InChI is InChI=1S/C16H17ClN2O2/c1-10-7-13(16(18)19-20)8-11(2)15(10)21-9-12-3-5-14(17)6-4-12/h3-8,20H,9H2,1-2H3,(H2,18,19). The van der Waals surface area contributed by atoms with Gasteiger partial charge in [0.2, 0.25) is 0 Å². The molecule has 0 saturated heterocycles. The maximum Gasteiger partial charge on any atom is 0.170 e. The van der Waals surface area contributed by atoms with Crippen LogP contribution in [0.2, 0.25) is 5.02 Å². The summed E-state index contributed by atoms with van der Waals surface area (Å²) < 4.78 is 5.88. The molecule has 110 valence electrons. The van der Waals surface area contributed by atoms with E-state index < -0.39 is 0 Å². The first kappa shape index (κ1) is 15.2. The van der Waals surface area contributed by atoms with Crippen LogP contribution in [0.25, 0.3) is 0 Å². The molecule has 0 aromatic heterocycles. The summed E-state index contributed by atoms with van der Waals surface area (Å²) >= 11 is 5.86. The van der Waals surface area contributed by atoms with Gasteiger partial charge in [0, 0.05) is 10.6 Å². The number of oxime groups is 1. The number of nitrogens with two attached hydrogens (primary N) is 1. The van der Waals surface area contributed by atoms with Crippen molar-refractivity contribution in [3.05, 3.63) is 63.7 Å². The van der Waals surface area contributed by atoms with E-state index in [0.717, 1.165) is 22.4 Å². The lowest BCUT2D eigenvalue weighted by Crippen LogP contribution is -2.14. The van der Waals surface area contributed by atoms with Crippen LogP contribution in [0.15, 0.2) is 41.6 Å². The van der Waals surface area contributed by atoms with Gasteiger partial charge in [-0.05, 0) is 54.8 Å². The molecule has 0 fully saturated rings. The van der Waals surface area contributed by atoms with E-state index in [1.165, 1.54) is 0 Å². The van der Waals surface area contributed by atoms with Crippen molar-refractivity contribution in [3.63, 3.8) is 0 Å². The normalized spacial score (nSPS) is 11.5. The number of rotatable bonds is 4. The Morgan fingerprint density at radius 2 is 1.76 bits per heavy atom. The van der Waals surface area contributed by atoms with Crippen LogP contribution in [-0.2, 0) is 6.61 Å². The molecule has 0 aliphatic rings. The lowest BCUT2D eigenvalue weighted by atomic mass is 10.1. The van der Waals surface area contributed by atoms with Gasteiger partial charge in [-0.2, -0.15) is 0 Å². The van der Waals surface area contributed by atoms with Crippen LogP contribution >= 0.6 is 11.6 Å². The molecule has 2 aromatic rings. The van der Waals surface area contributed by atoms with E-state index in [9.17, 15) is 0 Å². The highest BCUT2D eigenvalue weighted by atomic mass is 35.5. The third-order valence-electron chi connectivity index (χ3n) is 3.16. The van der Waals surface area contributed by atoms with E-state index in [1.54, 1.807) is 0 Å². The summed E-state index contributed by atoms with van der Waals surface area (Å²) in [6.45, 7) is 4.32. The maximum atomic E-state index is 8.73. The van der Waals surface area contributed by atoms with Crippen LogP contribution in [0.4, 0.5) is 0 Å². The first-order valence-corrected chi connectivity index (χ1v) is 6.85. The molecule has 0 unspecified atom stereocenters. The predicted octanol–water partition coefficient (Wildman–Crippen LogP) is 3.63. The second-order valence-corrected chi connectivity index (χ2v) is 5.28. The molecule has 21 heavy (non-hydrogen) atoms. The van der Waals surface area contributed by atoms with Crippen LogP contribution < -0.4 is 10.5 Å². The highest BCUT2D eigenvalue weighted by Crippen LogP contribution is 2.26. The van der Waals surface area contributed by atoms with Crippen molar-refractivity contribution in [1.29, 1.82) is 0 Å². The quantitative estimate of drug-likeness (QED) is 0.392. The second kappa shape index (κ2) is 6.50. The highest BCUT2D eigenvalue weighted by molar-refractivity contribution is 6.30. The molecule has 3 N–H and O–H groups in total. The van der Waals surface area contributed by atoms with Crippen molar-refractivity contribution in [2.75, 3.05) is 0 Å². The Hall–Kier alpha value is -2.20. The summed E-state index contributed by atoms with van der Waals surface area (Å²) in [4.78, 5) is 0. The molecule has 0 amide bonds. The Bertz CT molecular complexity index is 643. The average Bonchev–Trinajstić information content (AvgIpc) is 2.47. The van der Waals surface area contributed by atoms with Gasteiger partial charge in [-0.15, -0.1) is 0 Å². The van der Waals surface area contributed by atoms with Crippen LogP contribution in [0.1, 0.15) is 22.3 Å². The van der Waals surface area contributed by atoms with Gasteiger partial charge in [0.15, 0.2) is 5.84 Å². The minimum atomic E-state index is 0.0884. The zero-order valence-electron chi connectivity index (χ0n) is 11.9. The number of amidine groups is 1. The summed E-state index contributed by atoms with van der Waals surface area (Å²) in [5.74, 6) is 0.893. The fourth-order valence-corrected chi connectivity index (χ4v) is 2.25. The number of ether oxygens (including phenoxy) is 1. The minimum Gasteiger partial charge on any atom is -0.488 e. The third-order valence-corrected chi connectivity index (χ3v) is 3.41. The topological polar surface area (TPSA) is 67.8 Å². The minimum absolute atomic E-state index is 0.0884. The molecule has 0 spiro atoms. The highest BCUT2D eigenvalue weighted by Gasteiger charge is 2.09. The second-order valence-electron chi connectivity index (χ2n) is 4.84. The van der Waals surface area contributed by atoms with Crippen molar-refractivity contribution < 1.29 is 9.94 Å².